The molecule has 1 saturated carbocycles. The van der Waals surface area contributed by atoms with Crippen LogP contribution in [0.25, 0.3) is 15.9 Å². The Morgan fingerprint density at radius 3 is 2.88 bits per heavy atom. The number of amides is 1. The summed E-state index contributed by atoms with van der Waals surface area (Å²) < 4.78 is 22.0. The number of fused-ring (bicyclic) bond motifs is 2. The first-order chi connectivity index (χ1) is 15.4. The van der Waals surface area contributed by atoms with Gasteiger partial charge in [-0.2, -0.15) is 0 Å². The van der Waals surface area contributed by atoms with Crippen LogP contribution in [0.4, 0.5) is 10.1 Å². The van der Waals surface area contributed by atoms with Gasteiger partial charge in [-0.3, -0.25) is 4.79 Å². The zero-order valence-corrected chi connectivity index (χ0v) is 18.9. The van der Waals surface area contributed by atoms with E-state index in [-0.39, 0.29) is 17.7 Å². The van der Waals surface area contributed by atoms with E-state index in [1.807, 2.05) is 12.1 Å². The van der Waals surface area contributed by atoms with E-state index in [9.17, 15) is 9.18 Å². The van der Waals surface area contributed by atoms with Crippen molar-refractivity contribution in [2.24, 2.45) is 0 Å². The summed E-state index contributed by atoms with van der Waals surface area (Å²) in [6.45, 7) is 1.79. The third-order valence-electron chi connectivity index (χ3n) is 5.84. The van der Waals surface area contributed by atoms with Crippen molar-refractivity contribution in [2.75, 3.05) is 19.4 Å². The van der Waals surface area contributed by atoms with Crippen molar-refractivity contribution in [1.29, 1.82) is 0 Å². The molecule has 0 bridgehead atoms. The number of ether oxygens (including phenoxy) is 1. The Balaban J connectivity index is 1.32. The Morgan fingerprint density at radius 1 is 1.25 bits per heavy atom. The molecule has 2 unspecified atom stereocenters. The van der Waals surface area contributed by atoms with E-state index in [1.54, 1.807) is 29.8 Å². The number of nitrogens with zero attached hydrogens (tertiary/aromatic N) is 4. The van der Waals surface area contributed by atoms with Gasteiger partial charge in [0.15, 0.2) is 11.5 Å². The fourth-order valence-electron chi connectivity index (χ4n) is 4.18. The second-order valence-corrected chi connectivity index (χ2v) is 9.50. The number of thiophene rings is 1. The molecule has 5 rings (SSSR count). The van der Waals surface area contributed by atoms with Crippen LogP contribution in [-0.4, -0.2) is 51.4 Å². The molecule has 0 aliphatic heterocycles. The number of hydrogen-bond donors (Lipinski definition) is 1. The number of carbonyl (C=O) groups excluding carboxylic acids is 1. The molecule has 1 aliphatic rings. The highest BCUT2D eigenvalue weighted by molar-refractivity contribution is 7.20. The topological polar surface area (TPSA) is 71.8 Å². The lowest BCUT2D eigenvalue weighted by Crippen LogP contribution is -2.26. The molecule has 0 radical (unpaired) electrons. The molecule has 32 heavy (non-hydrogen) atoms. The fraction of sp³-hybridized carbons (Fsp3) is 0.348. The van der Waals surface area contributed by atoms with E-state index in [4.69, 9.17) is 4.74 Å². The summed E-state index contributed by atoms with van der Waals surface area (Å²) >= 11 is 1.29. The van der Waals surface area contributed by atoms with Crippen molar-refractivity contribution >= 4 is 38.8 Å². The maximum absolute atomic E-state index is 14.3. The Kier molecular flexibility index (Phi) is 5.30. The average Bonchev–Trinajstić information content (AvgIpc) is 3.45. The smallest absolute Gasteiger partial charge is 0.265 e. The summed E-state index contributed by atoms with van der Waals surface area (Å²) in [5, 5.41) is 3.64. The molecule has 0 saturated heterocycles. The van der Waals surface area contributed by atoms with Gasteiger partial charge in [0.1, 0.15) is 10.9 Å². The van der Waals surface area contributed by atoms with Crippen molar-refractivity contribution in [1.82, 2.24) is 19.3 Å². The van der Waals surface area contributed by atoms with Gasteiger partial charge in [-0.15, -0.1) is 11.3 Å². The van der Waals surface area contributed by atoms with Crippen LogP contribution in [0.2, 0.25) is 0 Å². The average molecular weight is 454 g/mol. The maximum atomic E-state index is 14.3. The molecule has 1 fully saturated rings. The molecular weight excluding hydrogens is 429 g/mol. The number of nitrogens with one attached hydrogen (secondary N) is 1. The number of halogens is 1. The fourth-order valence-corrected chi connectivity index (χ4v) is 5.10. The largest absolute Gasteiger partial charge is 0.474 e. The van der Waals surface area contributed by atoms with Gasteiger partial charge >= 0.3 is 0 Å². The third kappa shape index (κ3) is 4.05. The highest BCUT2D eigenvalue weighted by atomic mass is 32.1. The van der Waals surface area contributed by atoms with Gasteiger partial charge in [0.25, 0.3) is 5.91 Å². The van der Waals surface area contributed by atoms with Gasteiger partial charge in [0.05, 0.1) is 16.3 Å². The molecule has 4 heterocycles. The zero-order chi connectivity index (χ0) is 22.4. The van der Waals surface area contributed by atoms with Gasteiger partial charge in [0, 0.05) is 36.0 Å². The summed E-state index contributed by atoms with van der Waals surface area (Å²) in [6, 6.07) is 7.38. The highest BCUT2D eigenvalue weighted by Crippen LogP contribution is 2.30. The van der Waals surface area contributed by atoms with Crippen LogP contribution in [0.3, 0.4) is 0 Å². The highest BCUT2D eigenvalue weighted by Gasteiger charge is 2.27. The molecule has 0 spiro atoms. The summed E-state index contributed by atoms with van der Waals surface area (Å²) in [5.41, 5.74) is 1.30. The SMILES string of the molecule is Cc1cn2cc(NC(=O)c3cc4ccc(OC5CCC(N(C)C)C5)nc4s3)cc(F)c2n1. The van der Waals surface area contributed by atoms with E-state index in [1.165, 1.54) is 17.4 Å². The molecule has 0 aromatic carbocycles. The van der Waals surface area contributed by atoms with Crippen molar-refractivity contribution < 1.29 is 13.9 Å². The molecule has 9 heteroatoms. The van der Waals surface area contributed by atoms with Gasteiger partial charge in [-0.1, -0.05) is 0 Å². The standard InChI is InChI=1S/C23H24FN5O2S/c1-13-11-29-12-15(9-18(24)21(29)25-13)26-22(30)19-8-14-4-7-20(27-23(14)32-19)31-17-6-5-16(10-17)28(2)3/h4,7-9,11-12,16-17H,5-6,10H2,1-3H3,(H,26,30). The predicted octanol–water partition coefficient (Wildman–Crippen LogP) is 4.51. The first-order valence-electron chi connectivity index (χ1n) is 10.6. The zero-order valence-electron chi connectivity index (χ0n) is 18.1. The summed E-state index contributed by atoms with van der Waals surface area (Å²) in [5.74, 6) is -0.214. The number of pyridine rings is 2. The van der Waals surface area contributed by atoms with E-state index in [0.717, 1.165) is 29.5 Å². The number of imidazole rings is 1. The van der Waals surface area contributed by atoms with Gasteiger partial charge < -0.3 is 19.4 Å². The number of rotatable bonds is 5. The lowest BCUT2D eigenvalue weighted by Gasteiger charge is -2.19. The normalized spacial score (nSPS) is 18.7. The first-order valence-corrected chi connectivity index (χ1v) is 11.4. The molecule has 1 amide bonds. The van der Waals surface area contributed by atoms with Crippen LogP contribution < -0.4 is 10.1 Å². The number of anilines is 1. The van der Waals surface area contributed by atoms with Gasteiger partial charge in [-0.25, -0.2) is 14.4 Å². The molecule has 7 nitrogen and oxygen atoms in total. The third-order valence-corrected chi connectivity index (χ3v) is 6.88. The molecule has 4 aromatic rings. The summed E-state index contributed by atoms with van der Waals surface area (Å²) in [6.07, 6.45) is 6.64. The van der Waals surface area contributed by atoms with Gasteiger partial charge in [-0.05, 0) is 52.4 Å². The van der Waals surface area contributed by atoms with Crippen LogP contribution in [0, 0.1) is 12.7 Å². The van der Waals surface area contributed by atoms with E-state index < -0.39 is 5.82 Å². The molecule has 2 atom stereocenters. The molecule has 166 valence electrons. The number of aryl methyl sites for hydroxylation is 1. The number of aromatic nitrogens is 3. The van der Waals surface area contributed by atoms with E-state index in [0.29, 0.717) is 28.2 Å². The maximum Gasteiger partial charge on any atom is 0.265 e. The van der Waals surface area contributed by atoms with Crippen LogP contribution >= 0.6 is 11.3 Å². The van der Waals surface area contributed by atoms with E-state index >= 15 is 0 Å². The van der Waals surface area contributed by atoms with Crippen molar-refractivity contribution in [3.63, 3.8) is 0 Å². The minimum Gasteiger partial charge on any atom is -0.474 e. The van der Waals surface area contributed by atoms with Crippen LogP contribution in [0.1, 0.15) is 34.6 Å². The Bertz CT molecular complexity index is 1310. The Morgan fingerprint density at radius 2 is 2.09 bits per heavy atom. The van der Waals surface area contributed by atoms with Crippen molar-refractivity contribution in [2.45, 2.75) is 38.3 Å². The summed E-state index contributed by atoms with van der Waals surface area (Å²) in [4.78, 5) is 25.0. The quantitative estimate of drug-likeness (QED) is 0.482. The first kappa shape index (κ1) is 20.8. The van der Waals surface area contributed by atoms with Crippen molar-refractivity contribution in [3.05, 3.63) is 53.0 Å². The molecule has 1 N–H and O–H groups in total. The van der Waals surface area contributed by atoms with Crippen LogP contribution in [-0.2, 0) is 0 Å². The Hall–Kier alpha value is -3.04. The van der Waals surface area contributed by atoms with Crippen LogP contribution in [0.15, 0.2) is 36.7 Å². The number of hydrogen-bond acceptors (Lipinski definition) is 6. The minimum absolute atomic E-state index is 0.159. The minimum atomic E-state index is -0.487. The number of carbonyl (C=O) groups is 1. The van der Waals surface area contributed by atoms with Crippen molar-refractivity contribution in [3.8, 4) is 5.88 Å². The molecule has 1 aliphatic carbocycles. The second-order valence-electron chi connectivity index (χ2n) is 8.47. The summed E-state index contributed by atoms with van der Waals surface area (Å²) in [7, 11) is 4.19. The molecule has 4 aromatic heterocycles. The predicted molar refractivity (Wildman–Crippen MR) is 123 cm³/mol. The monoisotopic (exact) mass is 453 g/mol. The lowest BCUT2D eigenvalue weighted by molar-refractivity contribution is 0.103. The second kappa shape index (κ2) is 8.14. The molecular formula is C23H24FN5O2S. The van der Waals surface area contributed by atoms with Gasteiger partial charge in [0.2, 0.25) is 5.88 Å². The van der Waals surface area contributed by atoms with Crippen LogP contribution in [0.5, 0.6) is 5.88 Å². The van der Waals surface area contributed by atoms with E-state index in [2.05, 4.69) is 34.3 Å². The Labute approximate surface area is 188 Å². The lowest BCUT2D eigenvalue weighted by atomic mass is 10.2.